The molecule has 0 atom stereocenters. The maximum Gasteiger partial charge on any atom is 0.0998 e. The largest absolute Gasteiger partial charge is 0.313 e. The average Bonchev–Trinajstić information content (AvgIpc) is 3.70. The molecule has 0 unspecified atom stereocenters. The Morgan fingerprint density at radius 3 is 1.98 bits per heavy atom. The van der Waals surface area contributed by atoms with Gasteiger partial charge in [0, 0.05) is 44.2 Å². The van der Waals surface area contributed by atoms with Crippen LogP contribution in [0.2, 0.25) is 0 Å². The number of hydrogen-bond donors (Lipinski definition) is 0. The highest BCUT2D eigenvalue weighted by Crippen LogP contribution is 2.39. The Balaban J connectivity index is 1.21. The molecule has 9 rings (SSSR count). The van der Waals surface area contributed by atoms with Gasteiger partial charge in [-0.15, -0.1) is 0 Å². The third kappa shape index (κ3) is 4.45. The number of nitrogens with zero attached hydrogens (tertiary/aromatic N) is 5. The van der Waals surface area contributed by atoms with Crippen LogP contribution < -0.4 is 0 Å². The van der Waals surface area contributed by atoms with E-state index in [0.717, 1.165) is 68.3 Å². The minimum atomic E-state index is 0.545. The molecule has 8 aromatic rings. The Morgan fingerprint density at radius 2 is 1.20 bits per heavy atom. The first-order valence-electron chi connectivity index (χ1n) is 16.6. The standard InChI is InChI=1S/C45H27N5/c46-26-29-13-21-44(50-43-12-6-3-9-37(43)40-24-30(27-47)14-22-45(40)50)39(23-29)32-15-16-33(28-48)38(25-32)31-17-19-34(20-18-31)49-41-10-4-1-7-35(41)36-8-2-5-11-42(36)49/h1-4,6-10,12-25H,5,11H2. The topological polar surface area (TPSA) is 81.2 Å². The summed E-state index contributed by atoms with van der Waals surface area (Å²) in [5, 5.41) is 33.1. The van der Waals surface area contributed by atoms with Gasteiger partial charge in [0.2, 0.25) is 0 Å². The van der Waals surface area contributed by atoms with Crippen molar-refractivity contribution in [3.05, 3.63) is 161 Å². The van der Waals surface area contributed by atoms with E-state index in [4.69, 9.17) is 0 Å². The van der Waals surface area contributed by atoms with Crippen molar-refractivity contribution in [1.29, 1.82) is 15.8 Å². The Labute approximate surface area is 289 Å². The molecule has 5 nitrogen and oxygen atoms in total. The van der Waals surface area contributed by atoms with E-state index in [0.29, 0.717) is 16.7 Å². The molecule has 50 heavy (non-hydrogen) atoms. The van der Waals surface area contributed by atoms with E-state index in [1.165, 1.54) is 22.2 Å². The zero-order valence-electron chi connectivity index (χ0n) is 26.9. The third-order valence-electron chi connectivity index (χ3n) is 9.90. The fraction of sp³-hybridized carbons (Fsp3) is 0.0444. The smallest absolute Gasteiger partial charge is 0.0998 e. The first-order valence-corrected chi connectivity index (χ1v) is 16.6. The van der Waals surface area contributed by atoms with Gasteiger partial charge in [0.1, 0.15) is 0 Å². The van der Waals surface area contributed by atoms with Gasteiger partial charge < -0.3 is 9.13 Å². The average molecular weight is 638 g/mol. The van der Waals surface area contributed by atoms with Gasteiger partial charge in [-0.3, -0.25) is 0 Å². The van der Waals surface area contributed by atoms with E-state index in [9.17, 15) is 15.8 Å². The zero-order chi connectivity index (χ0) is 33.8. The van der Waals surface area contributed by atoms with E-state index in [1.807, 2.05) is 60.7 Å². The van der Waals surface area contributed by atoms with Crippen LogP contribution >= 0.6 is 0 Å². The molecule has 2 heterocycles. The highest BCUT2D eigenvalue weighted by atomic mass is 15.0. The second-order valence-electron chi connectivity index (χ2n) is 12.6. The van der Waals surface area contributed by atoms with Crippen LogP contribution in [0.4, 0.5) is 0 Å². The Bertz CT molecular complexity index is 2840. The minimum Gasteiger partial charge on any atom is -0.313 e. The van der Waals surface area contributed by atoms with Crippen molar-refractivity contribution in [2.24, 2.45) is 0 Å². The number of rotatable bonds is 4. The lowest BCUT2D eigenvalue weighted by Crippen LogP contribution is -2.03. The van der Waals surface area contributed by atoms with Crippen LogP contribution in [0.5, 0.6) is 0 Å². The van der Waals surface area contributed by atoms with Gasteiger partial charge in [0.25, 0.3) is 0 Å². The molecule has 0 saturated carbocycles. The summed E-state index contributed by atoms with van der Waals surface area (Å²) in [4.78, 5) is 0. The lowest BCUT2D eigenvalue weighted by molar-refractivity contribution is 0.888. The SMILES string of the molecule is N#Cc1ccc(-n2c3ccccc3c3cc(C#N)ccc32)c(-c2ccc(C#N)c(-c3ccc(-n4c5c(c6ccccc64)C=CCC5)cc3)c2)c1. The molecule has 0 aliphatic heterocycles. The highest BCUT2D eigenvalue weighted by Gasteiger charge is 2.20. The molecule has 5 heteroatoms. The van der Waals surface area contributed by atoms with Gasteiger partial charge in [-0.25, -0.2) is 0 Å². The fourth-order valence-corrected chi connectivity index (χ4v) is 7.64. The number of nitriles is 3. The van der Waals surface area contributed by atoms with Crippen molar-refractivity contribution >= 4 is 38.8 Å². The van der Waals surface area contributed by atoms with Gasteiger partial charge in [-0.2, -0.15) is 15.8 Å². The predicted octanol–water partition coefficient (Wildman–Crippen LogP) is 10.6. The van der Waals surface area contributed by atoms with Crippen molar-refractivity contribution in [3.8, 4) is 51.8 Å². The Kier molecular flexibility index (Phi) is 6.70. The molecule has 0 saturated heterocycles. The number of aromatic nitrogens is 2. The Hall–Kier alpha value is -7.13. The second-order valence-corrected chi connectivity index (χ2v) is 12.6. The van der Waals surface area contributed by atoms with Crippen LogP contribution in [0.15, 0.2) is 133 Å². The summed E-state index contributed by atoms with van der Waals surface area (Å²) in [7, 11) is 0. The van der Waals surface area contributed by atoms with Gasteiger partial charge >= 0.3 is 0 Å². The van der Waals surface area contributed by atoms with E-state index >= 15 is 0 Å². The molecular weight excluding hydrogens is 611 g/mol. The highest BCUT2D eigenvalue weighted by molar-refractivity contribution is 6.10. The number of allylic oxidation sites excluding steroid dienone is 1. The second kappa shape index (κ2) is 11.5. The van der Waals surface area contributed by atoms with Crippen LogP contribution in [0.3, 0.4) is 0 Å². The first kappa shape index (κ1) is 29.0. The molecular formula is C45H27N5. The molecule has 6 aromatic carbocycles. The van der Waals surface area contributed by atoms with Gasteiger partial charge in [-0.1, -0.05) is 66.7 Å². The lowest BCUT2D eigenvalue weighted by Gasteiger charge is -2.16. The summed E-state index contributed by atoms with van der Waals surface area (Å²) in [6.45, 7) is 0. The molecule has 0 spiro atoms. The van der Waals surface area contributed by atoms with Crippen LogP contribution in [0, 0.1) is 34.0 Å². The van der Waals surface area contributed by atoms with Gasteiger partial charge in [0.15, 0.2) is 0 Å². The summed E-state index contributed by atoms with van der Waals surface area (Å²) in [6.07, 6.45) is 6.50. The maximum absolute atomic E-state index is 10.2. The Morgan fingerprint density at radius 1 is 0.520 bits per heavy atom. The molecule has 2 aromatic heterocycles. The third-order valence-corrected chi connectivity index (χ3v) is 9.90. The van der Waals surface area contributed by atoms with Crippen molar-refractivity contribution in [1.82, 2.24) is 9.13 Å². The van der Waals surface area contributed by atoms with Crippen LogP contribution in [-0.4, -0.2) is 9.13 Å². The van der Waals surface area contributed by atoms with E-state index in [2.05, 4.69) is 106 Å². The van der Waals surface area contributed by atoms with Crippen LogP contribution in [0.25, 0.3) is 72.4 Å². The first-order chi connectivity index (χ1) is 24.7. The zero-order valence-corrected chi connectivity index (χ0v) is 26.9. The number of benzene rings is 6. The van der Waals surface area contributed by atoms with E-state index < -0.39 is 0 Å². The predicted molar refractivity (Wildman–Crippen MR) is 200 cm³/mol. The monoisotopic (exact) mass is 637 g/mol. The van der Waals surface area contributed by atoms with Crippen LogP contribution in [-0.2, 0) is 6.42 Å². The summed E-state index contributed by atoms with van der Waals surface area (Å²) < 4.78 is 4.57. The van der Waals surface area contributed by atoms with Gasteiger partial charge in [-0.05, 0) is 96.8 Å². The van der Waals surface area contributed by atoms with Crippen molar-refractivity contribution in [3.63, 3.8) is 0 Å². The molecule has 232 valence electrons. The van der Waals surface area contributed by atoms with E-state index in [1.54, 1.807) is 0 Å². The summed E-state index contributed by atoms with van der Waals surface area (Å²) in [5.41, 5.74) is 13.0. The van der Waals surface area contributed by atoms with E-state index in [-0.39, 0.29) is 0 Å². The normalized spacial score (nSPS) is 12.1. The minimum absolute atomic E-state index is 0.545. The molecule has 0 radical (unpaired) electrons. The maximum atomic E-state index is 10.2. The molecule has 0 amide bonds. The molecule has 0 fully saturated rings. The summed E-state index contributed by atoms with van der Waals surface area (Å²) in [5.74, 6) is 0. The summed E-state index contributed by atoms with van der Waals surface area (Å²) >= 11 is 0. The lowest BCUT2D eigenvalue weighted by atomic mass is 9.93. The summed E-state index contributed by atoms with van der Waals surface area (Å²) in [6, 6.07) is 49.6. The number of para-hydroxylation sites is 2. The van der Waals surface area contributed by atoms with Crippen molar-refractivity contribution < 1.29 is 0 Å². The molecule has 1 aliphatic rings. The quantitative estimate of drug-likeness (QED) is 0.193. The van der Waals surface area contributed by atoms with Crippen LogP contribution in [0.1, 0.15) is 34.4 Å². The molecule has 1 aliphatic carbocycles. The molecule has 0 N–H and O–H groups in total. The number of fused-ring (bicyclic) bond motifs is 6. The van der Waals surface area contributed by atoms with Crippen molar-refractivity contribution in [2.75, 3.05) is 0 Å². The molecule has 0 bridgehead atoms. The number of hydrogen-bond acceptors (Lipinski definition) is 3. The van der Waals surface area contributed by atoms with Crippen molar-refractivity contribution in [2.45, 2.75) is 12.8 Å². The van der Waals surface area contributed by atoms with Gasteiger partial charge in [0.05, 0.1) is 57.1 Å². The fourth-order valence-electron chi connectivity index (χ4n) is 7.64.